The van der Waals surface area contributed by atoms with E-state index >= 15 is 0 Å². The Labute approximate surface area is 124 Å². The molecule has 0 saturated carbocycles. The average Bonchev–Trinajstić information content (AvgIpc) is 2.96. The van der Waals surface area contributed by atoms with E-state index in [1.54, 1.807) is 4.57 Å². The van der Waals surface area contributed by atoms with Crippen LogP contribution in [0.15, 0.2) is 12.5 Å². The SMILES string of the molecule is CCC1CCCN(C(=O)NCCn2cnc(C(=O)O)c2)C1. The van der Waals surface area contributed by atoms with E-state index in [9.17, 15) is 9.59 Å². The summed E-state index contributed by atoms with van der Waals surface area (Å²) >= 11 is 0. The summed E-state index contributed by atoms with van der Waals surface area (Å²) in [6.45, 7) is 4.77. The van der Waals surface area contributed by atoms with Crippen molar-refractivity contribution >= 4 is 12.0 Å². The van der Waals surface area contributed by atoms with Crippen LogP contribution in [0.1, 0.15) is 36.7 Å². The summed E-state index contributed by atoms with van der Waals surface area (Å²) in [5, 5.41) is 11.7. The molecule has 1 fully saturated rings. The number of imidazole rings is 1. The quantitative estimate of drug-likeness (QED) is 0.859. The summed E-state index contributed by atoms with van der Waals surface area (Å²) in [5.74, 6) is -0.437. The van der Waals surface area contributed by atoms with Crippen molar-refractivity contribution in [2.45, 2.75) is 32.7 Å². The van der Waals surface area contributed by atoms with Crippen LogP contribution < -0.4 is 5.32 Å². The van der Waals surface area contributed by atoms with Gasteiger partial charge in [0.1, 0.15) is 0 Å². The fourth-order valence-corrected chi connectivity index (χ4v) is 2.58. The van der Waals surface area contributed by atoms with Gasteiger partial charge in [-0.1, -0.05) is 13.3 Å². The Hall–Kier alpha value is -2.05. The molecule has 7 heteroatoms. The number of likely N-dealkylation sites (tertiary alicyclic amines) is 1. The highest BCUT2D eigenvalue weighted by Gasteiger charge is 2.22. The molecule has 21 heavy (non-hydrogen) atoms. The second-order valence-corrected chi connectivity index (χ2v) is 5.40. The zero-order valence-electron chi connectivity index (χ0n) is 12.3. The number of aromatic nitrogens is 2. The van der Waals surface area contributed by atoms with Crippen LogP contribution in [0.5, 0.6) is 0 Å². The van der Waals surface area contributed by atoms with Crippen molar-refractivity contribution in [1.29, 1.82) is 0 Å². The normalized spacial score (nSPS) is 18.5. The van der Waals surface area contributed by atoms with Gasteiger partial charge in [-0.25, -0.2) is 14.6 Å². The molecule has 1 unspecified atom stereocenters. The number of amides is 2. The molecule has 2 amide bonds. The standard InChI is InChI=1S/C14H22N4O3/c1-2-11-4-3-6-18(8-11)14(21)15-5-7-17-9-12(13(19)20)16-10-17/h9-11H,2-8H2,1H3,(H,15,21)(H,19,20). The number of piperidine rings is 1. The van der Waals surface area contributed by atoms with Crippen LogP contribution in [-0.2, 0) is 6.54 Å². The molecular weight excluding hydrogens is 272 g/mol. The first-order chi connectivity index (χ1) is 10.1. The van der Waals surface area contributed by atoms with Crippen LogP contribution in [0, 0.1) is 5.92 Å². The molecule has 2 N–H and O–H groups in total. The maximum Gasteiger partial charge on any atom is 0.356 e. The number of nitrogens with one attached hydrogen (secondary N) is 1. The fourth-order valence-electron chi connectivity index (χ4n) is 2.58. The lowest BCUT2D eigenvalue weighted by Crippen LogP contribution is -2.46. The molecule has 1 atom stereocenters. The van der Waals surface area contributed by atoms with Crippen LogP contribution in [0.25, 0.3) is 0 Å². The molecule has 7 nitrogen and oxygen atoms in total. The van der Waals surface area contributed by atoms with Crippen LogP contribution in [0.3, 0.4) is 0 Å². The lowest BCUT2D eigenvalue weighted by molar-refractivity contribution is 0.0691. The number of carbonyl (C=O) groups is 2. The molecule has 1 aromatic rings. The number of nitrogens with zero attached hydrogens (tertiary/aromatic N) is 3. The monoisotopic (exact) mass is 294 g/mol. The van der Waals surface area contributed by atoms with Crippen molar-refractivity contribution in [3.05, 3.63) is 18.2 Å². The van der Waals surface area contributed by atoms with Crippen molar-refractivity contribution in [2.24, 2.45) is 5.92 Å². The van der Waals surface area contributed by atoms with Crippen LogP contribution >= 0.6 is 0 Å². The number of carbonyl (C=O) groups excluding carboxylic acids is 1. The minimum absolute atomic E-state index is 0.0168. The zero-order chi connectivity index (χ0) is 15.2. The molecule has 2 rings (SSSR count). The Balaban J connectivity index is 1.74. The Morgan fingerprint density at radius 3 is 3.00 bits per heavy atom. The third-order valence-corrected chi connectivity index (χ3v) is 3.88. The Morgan fingerprint density at radius 1 is 1.52 bits per heavy atom. The Morgan fingerprint density at radius 2 is 2.33 bits per heavy atom. The predicted octanol–water partition coefficient (Wildman–Crippen LogP) is 1.41. The van der Waals surface area contributed by atoms with E-state index in [1.807, 2.05) is 4.90 Å². The summed E-state index contributed by atoms with van der Waals surface area (Å²) in [6.07, 6.45) is 6.30. The van der Waals surface area contributed by atoms with Gasteiger partial charge in [0.05, 0.1) is 6.33 Å². The van der Waals surface area contributed by atoms with Gasteiger partial charge in [-0.15, -0.1) is 0 Å². The highest BCUT2D eigenvalue weighted by Crippen LogP contribution is 2.18. The number of carboxylic acid groups (broad SMARTS) is 1. The summed E-state index contributed by atoms with van der Waals surface area (Å²) in [4.78, 5) is 28.4. The highest BCUT2D eigenvalue weighted by molar-refractivity contribution is 5.84. The number of hydrogen-bond acceptors (Lipinski definition) is 3. The molecule has 1 aromatic heterocycles. The highest BCUT2D eigenvalue weighted by atomic mass is 16.4. The van der Waals surface area contributed by atoms with E-state index < -0.39 is 5.97 Å². The molecule has 1 aliphatic rings. The number of urea groups is 1. The smallest absolute Gasteiger partial charge is 0.356 e. The van der Waals surface area contributed by atoms with Gasteiger partial charge in [0.25, 0.3) is 0 Å². The Bertz CT molecular complexity index is 500. The topological polar surface area (TPSA) is 87.5 Å². The second kappa shape index (κ2) is 7.10. The van der Waals surface area contributed by atoms with Crippen molar-refractivity contribution in [1.82, 2.24) is 19.8 Å². The lowest BCUT2D eigenvalue weighted by Gasteiger charge is -2.32. The fraction of sp³-hybridized carbons (Fsp3) is 0.643. The van der Waals surface area contributed by atoms with Gasteiger partial charge in [0.15, 0.2) is 5.69 Å². The summed E-state index contributed by atoms with van der Waals surface area (Å²) in [7, 11) is 0. The maximum absolute atomic E-state index is 12.1. The van der Waals surface area contributed by atoms with Gasteiger partial charge < -0.3 is 19.9 Å². The van der Waals surface area contributed by atoms with Crippen molar-refractivity contribution < 1.29 is 14.7 Å². The third-order valence-electron chi connectivity index (χ3n) is 3.88. The summed E-state index contributed by atoms with van der Waals surface area (Å²) in [6, 6.07) is -0.0354. The molecule has 0 aliphatic carbocycles. The average molecular weight is 294 g/mol. The van der Waals surface area contributed by atoms with E-state index in [2.05, 4.69) is 17.2 Å². The third kappa shape index (κ3) is 4.21. The van der Waals surface area contributed by atoms with E-state index in [1.165, 1.54) is 18.9 Å². The molecule has 0 radical (unpaired) electrons. The van der Waals surface area contributed by atoms with Gasteiger partial charge in [-0.2, -0.15) is 0 Å². The van der Waals surface area contributed by atoms with E-state index in [0.29, 0.717) is 19.0 Å². The first kappa shape index (κ1) is 15.3. The summed E-state index contributed by atoms with van der Waals surface area (Å²) < 4.78 is 1.66. The van der Waals surface area contributed by atoms with E-state index in [0.717, 1.165) is 25.9 Å². The maximum atomic E-state index is 12.1. The van der Waals surface area contributed by atoms with Gasteiger partial charge in [0, 0.05) is 32.4 Å². The molecular formula is C14H22N4O3. The van der Waals surface area contributed by atoms with Crippen LogP contribution in [0.2, 0.25) is 0 Å². The predicted molar refractivity (Wildman–Crippen MR) is 77.2 cm³/mol. The molecule has 1 saturated heterocycles. The first-order valence-corrected chi connectivity index (χ1v) is 7.38. The van der Waals surface area contributed by atoms with Gasteiger partial charge in [-0.3, -0.25) is 0 Å². The minimum atomic E-state index is -1.04. The molecule has 116 valence electrons. The van der Waals surface area contributed by atoms with E-state index in [4.69, 9.17) is 5.11 Å². The lowest BCUT2D eigenvalue weighted by atomic mass is 9.96. The van der Waals surface area contributed by atoms with Crippen molar-refractivity contribution in [3.63, 3.8) is 0 Å². The van der Waals surface area contributed by atoms with Gasteiger partial charge >= 0.3 is 12.0 Å². The number of carboxylic acids is 1. The number of rotatable bonds is 5. The first-order valence-electron chi connectivity index (χ1n) is 7.38. The largest absolute Gasteiger partial charge is 0.476 e. The Kier molecular flexibility index (Phi) is 5.19. The number of aromatic carboxylic acids is 1. The van der Waals surface area contributed by atoms with Crippen LogP contribution in [-0.4, -0.2) is 51.2 Å². The zero-order valence-corrected chi connectivity index (χ0v) is 12.3. The summed E-state index contributed by atoms with van der Waals surface area (Å²) in [5.41, 5.74) is 0.0168. The molecule has 0 bridgehead atoms. The van der Waals surface area contributed by atoms with Crippen molar-refractivity contribution in [3.8, 4) is 0 Å². The van der Waals surface area contributed by atoms with E-state index in [-0.39, 0.29) is 11.7 Å². The van der Waals surface area contributed by atoms with Gasteiger partial charge in [0.2, 0.25) is 0 Å². The molecule has 0 spiro atoms. The molecule has 2 heterocycles. The van der Waals surface area contributed by atoms with Gasteiger partial charge in [-0.05, 0) is 18.8 Å². The second-order valence-electron chi connectivity index (χ2n) is 5.40. The minimum Gasteiger partial charge on any atom is -0.476 e. The van der Waals surface area contributed by atoms with Crippen LogP contribution in [0.4, 0.5) is 4.79 Å². The molecule has 1 aliphatic heterocycles. The number of hydrogen-bond donors (Lipinski definition) is 2. The van der Waals surface area contributed by atoms with Crippen molar-refractivity contribution in [2.75, 3.05) is 19.6 Å². The molecule has 0 aromatic carbocycles.